The smallest absolute Gasteiger partial charge is 0.243 e. The van der Waals surface area contributed by atoms with E-state index in [9.17, 15) is 13.2 Å². The molecule has 1 aromatic heterocycles. The van der Waals surface area contributed by atoms with E-state index >= 15 is 0 Å². The molecule has 1 aliphatic rings. The van der Waals surface area contributed by atoms with Crippen molar-refractivity contribution in [3.8, 4) is 0 Å². The fourth-order valence-electron chi connectivity index (χ4n) is 3.08. The van der Waals surface area contributed by atoms with Crippen LogP contribution >= 0.6 is 11.8 Å². The van der Waals surface area contributed by atoms with Gasteiger partial charge in [-0.1, -0.05) is 42.1 Å². The Balaban J connectivity index is 1.33. The van der Waals surface area contributed by atoms with E-state index in [4.69, 9.17) is 0 Å². The van der Waals surface area contributed by atoms with Crippen molar-refractivity contribution in [2.45, 2.75) is 35.5 Å². The molecule has 1 amide bonds. The van der Waals surface area contributed by atoms with Gasteiger partial charge in [-0.05, 0) is 42.7 Å². The third-order valence-electron chi connectivity index (χ3n) is 4.91. The molecular weight excluding hydrogens is 434 g/mol. The Hall–Kier alpha value is -2.69. The summed E-state index contributed by atoms with van der Waals surface area (Å²) in [6.45, 7) is 0.282. The Bertz CT molecular complexity index is 1140. The molecular formula is C21H23N5O3S2. The monoisotopic (exact) mass is 457 g/mol. The number of carbonyl (C=O) groups excluding carboxylic acids is 1. The number of aromatic nitrogens is 3. The molecule has 1 fully saturated rings. The predicted octanol–water partition coefficient (Wildman–Crippen LogP) is 3.16. The van der Waals surface area contributed by atoms with Gasteiger partial charge in [-0.2, -0.15) is 4.31 Å². The van der Waals surface area contributed by atoms with Crippen LogP contribution in [-0.4, -0.2) is 46.2 Å². The highest BCUT2D eigenvalue weighted by molar-refractivity contribution is 7.99. The van der Waals surface area contributed by atoms with Crippen LogP contribution in [0.4, 0.5) is 5.69 Å². The van der Waals surface area contributed by atoms with Gasteiger partial charge in [0.15, 0.2) is 5.16 Å². The van der Waals surface area contributed by atoms with Gasteiger partial charge in [-0.15, -0.1) is 10.2 Å². The number of amides is 1. The lowest BCUT2D eigenvalue weighted by Crippen LogP contribution is -2.26. The minimum atomic E-state index is -3.63. The third-order valence-corrected chi connectivity index (χ3v) is 7.68. The lowest BCUT2D eigenvalue weighted by atomic mass is 10.2. The van der Waals surface area contributed by atoms with Crippen molar-refractivity contribution < 1.29 is 13.2 Å². The van der Waals surface area contributed by atoms with Crippen molar-refractivity contribution in [2.75, 3.05) is 18.1 Å². The number of rotatable bonds is 9. The van der Waals surface area contributed by atoms with E-state index in [0.717, 1.165) is 23.6 Å². The highest BCUT2D eigenvalue weighted by atomic mass is 32.2. The van der Waals surface area contributed by atoms with Crippen molar-refractivity contribution in [3.05, 3.63) is 66.5 Å². The maximum atomic E-state index is 12.8. The number of nitrogens with one attached hydrogen (secondary N) is 1. The number of sulfonamides is 1. The largest absolute Gasteiger partial charge is 0.325 e. The molecule has 0 bridgehead atoms. The zero-order chi connectivity index (χ0) is 21.8. The molecule has 0 saturated heterocycles. The lowest BCUT2D eigenvalue weighted by molar-refractivity contribution is -0.113. The molecule has 2 aromatic carbocycles. The molecule has 4 rings (SSSR count). The van der Waals surface area contributed by atoms with Crippen molar-refractivity contribution >= 4 is 33.4 Å². The van der Waals surface area contributed by atoms with Crippen LogP contribution in [0.2, 0.25) is 0 Å². The van der Waals surface area contributed by atoms with Crippen LogP contribution in [0.1, 0.15) is 24.4 Å². The summed E-state index contributed by atoms with van der Waals surface area (Å²) in [5.41, 5.74) is 1.45. The minimum Gasteiger partial charge on any atom is -0.325 e. The molecule has 3 aromatic rings. The maximum absolute atomic E-state index is 12.8. The van der Waals surface area contributed by atoms with Gasteiger partial charge < -0.3 is 9.88 Å². The van der Waals surface area contributed by atoms with Crippen LogP contribution < -0.4 is 5.32 Å². The summed E-state index contributed by atoms with van der Waals surface area (Å²) in [7, 11) is -2.08. The summed E-state index contributed by atoms with van der Waals surface area (Å²) >= 11 is 1.34. The number of nitrogens with zero attached hydrogens (tertiary/aromatic N) is 4. The molecule has 162 valence electrons. The molecule has 31 heavy (non-hydrogen) atoms. The summed E-state index contributed by atoms with van der Waals surface area (Å²) < 4.78 is 28.9. The average Bonchev–Trinajstić information content (AvgIpc) is 3.51. The van der Waals surface area contributed by atoms with E-state index < -0.39 is 10.0 Å². The van der Waals surface area contributed by atoms with Gasteiger partial charge in [0.05, 0.1) is 10.6 Å². The van der Waals surface area contributed by atoms with Gasteiger partial charge in [-0.3, -0.25) is 4.79 Å². The summed E-state index contributed by atoms with van der Waals surface area (Å²) in [6, 6.07) is 16.1. The van der Waals surface area contributed by atoms with Crippen molar-refractivity contribution in [3.63, 3.8) is 0 Å². The Morgan fingerprint density at radius 1 is 1.16 bits per heavy atom. The number of anilines is 1. The van der Waals surface area contributed by atoms with Gasteiger partial charge in [0, 0.05) is 25.3 Å². The van der Waals surface area contributed by atoms with Gasteiger partial charge in [0.1, 0.15) is 6.33 Å². The fourth-order valence-corrected chi connectivity index (χ4v) is 5.02. The first-order valence-corrected chi connectivity index (χ1v) is 12.3. The van der Waals surface area contributed by atoms with E-state index in [1.807, 2.05) is 34.9 Å². The average molecular weight is 458 g/mol. The van der Waals surface area contributed by atoms with Crippen molar-refractivity contribution in [1.82, 2.24) is 19.1 Å². The molecule has 0 unspecified atom stereocenters. The number of hydrogen-bond acceptors (Lipinski definition) is 6. The van der Waals surface area contributed by atoms with E-state index in [-0.39, 0.29) is 23.1 Å². The molecule has 1 N–H and O–H groups in total. The first kappa shape index (κ1) is 21.5. The van der Waals surface area contributed by atoms with Crippen LogP contribution in [0.15, 0.2) is 71.0 Å². The molecule has 0 spiro atoms. The first-order chi connectivity index (χ1) is 14.9. The Morgan fingerprint density at radius 3 is 2.55 bits per heavy atom. The molecule has 1 heterocycles. The molecule has 0 aliphatic heterocycles. The van der Waals surface area contributed by atoms with Crippen LogP contribution in [0, 0.1) is 0 Å². The van der Waals surface area contributed by atoms with Crippen molar-refractivity contribution in [1.29, 1.82) is 0 Å². The van der Waals surface area contributed by atoms with E-state index in [1.54, 1.807) is 25.5 Å². The topological polar surface area (TPSA) is 97.2 Å². The second-order valence-corrected chi connectivity index (χ2v) is 10.3. The van der Waals surface area contributed by atoms with Crippen molar-refractivity contribution in [2.24, 2.45) is 0 Å². The number of carbonyl (C=O) groups is 1. The van der Waals surface area contributed by atoms with Crippen LogP contribution in [0.3, 0.4) is 0 Å². The zero-order valence-corrected chi connectivity index (χ0v) is 18.6. The maximum Gasteiger partial charge on any atom is 0.243 e. The van der Waals surface area contributed by atoms with E-state index in [0.29, 0.717) is 11.7 Å². The predicted molar refractivity (Wildman–Crippen MR) is 119 cm³/mol. The normalized spacial score (nSPS) is 14.0. The summed E-state index contributed by atoms with van der Waals surface area (Å²) in [5.74, 6) is 0.0119. The lowest BCUT2D eigenvalue weighted by Gasteiger charge is -2.17. The summed E-state index contributed by atoms with van der Waals surface area (Å²) in [6.07, 6.45) is 3.94. The SMILES string of the molecule is CN(Cc1ccccc1)S(=O)(=O)c1ccc(NC(=O)CSc2nncn2C2CC2)cc1. The fraction of sp³-hybridized carbons (Fsp3) is 0.286. The molecule has 1 aliphatic carbocycles. The Labute approximate surface area is 185 Å². The van der Waals surface area contributed by atoms with E-state index in [2.05, 4.69) is 15.5 Å². The Kier molecular flexibility index (Phi) is 6.40. The van der Waals surface area contributed by atoms with E-state index in [1.165, 1.54) is 28.2 Å². The minimum absolute atomic E-state index is 0.177. The molecule has 0 atom stereocenters. The van der Waals surface area contributed by atoms with Gasteiger partial charge >= 0.3 is 0 Å². The van der Waals surface area contributed by atoms with Gasteiger partial charge in [0.2, 0.25) is 15.9 Å². The molecule has 0 radical (unpaired) electrons. The summed E-state index contributed by atoms with van der Waals surface area (Å²) in [5, 5.41) is 11.5. The van der Waals surface area contributed by atoms with Crippen LogP contribution in [0.25, 0.3) is 0 Å². The second kappa shape index (κ2) is 9.21. The number of hydrogen-bond donors (Lipinski definition) is 1. The Morgan fingerprint density at radius 2 is 1.87 bits per heavy atom. The van der Waals surface area contributed by atoms with Crippen LogP contribution in [0.5, 0.6) is 0 Å². The molecule has 10 heteroatoms. The highest BCUT2D eigenvalue weighted by Gasteiger charge is 2.26. The highest BCUT2D eigenvalue weighted by Crippen LogP contribution is 2.37. The molecule has 8 nitrogen and oxygen atoms in total. The van der Waals surface area contributed by atoms with Gasteiger partial charge in [0.25, 0.3) is 0 Å². The number of thioether (sulfide) groups is 1. The third kappa shape index (κ3) is 5.33. The van der Waals surface area contributed by atoms with Crippen LogP contribution in [-0.2, 0) is 21.4 Å². The standard InChI is InChI=1S/C21H23N5O3S2/c1-25(13-16-5-3-2-4-6-16)31(28,29)19-11-7-17(8-12-19)23-20(27)14-30-21-24-22-15-26(21)18-9-10-18/h2-8,11-12,15,18H,9-10,13-14H2,1H3,(H,23,27). The van der Waals surface area contributed by atoms with Gasteiger partial charge in [-0.25, -0.2) is 8.42 Å². The zero-order valence-electron chi connectivity index (χ0n) is 17.0. The second-order valence-electron chi connectivity index (χ2n) is 7.36. The molecule has 1 saturated carbocycles. The first-order valence-electron chi connectivity index (χ1n) is 9.86. The number of benzene rings is 2. The quantitative estimate of drug-likeness (QED) is 0.496. The summed E-state index contributed by atoms with van der Waals surface area (Å²) in [4.78, 5) is 12.5.